The molecule has 1 nitrogen and oxygen atoms in total. The zero-order valence-corrected chi connectivity index (χ0v) is 12.0. The van der Waals surface area contributed by atoms with Crippen molar-refractivity contribution in [1.29, 1.82) is 0 Å². The van der Waals surface area contributed by atoms with Gasteiger partial charge >= 0.3 is 0 Å². The second-order valence-corrected chi connectivity index (χ2v) is 5.59. The van der Waals surface area contributed by atoms with E-state index in [0.717, 1.165) is 13.0 Å². The van der Waals surface area contributed by atoms with Gasteiger partial charge in [0.1, 0.15) is 0 Å². The lowest BCUT2D eigenvalue weighted by Crippen LogP contribution is -2.12. The largest absolute Gasteiger partial charge is 0.330 e. The highest BCUT2D eigenvalue weighted by Crippen LogP contribution is 2.34. The zero-order valence-electron chi connectivity index (χ0n) is 12.0. The van der Waals surface area contributed by atoms with Crippen LogP contribution in [-0.4, -0.2) is 6.54 Å². The first-order valence-electron chi connectivity index (χ1n) is 6.75. The summed E-state index contributed by atoms with van der Waals surface area (Å²) in [6.45, 7) is 12.1. The molecule has 1 heteroatoms. The molecule has 0 heterocycles. The third-order valence-corrected chi connectivity index (χ3v) is 3.63. The molecule has 0 aliphatic rings. The topological polar surface area (TPSA) is 26.0 Å². The molecule has 0 aromatic heterocycles. The highest BCUT2D eigenvalue weighted by atomic mass is 14.5. The van der Waals surface area contributed by atoms with E-state index in [-0.39, 0.29) is 0 Å². The van der Waals surface area contributed by atoms with Gasteiger partial charge < -0.3 is 5.73 Å². The van der Waals surface area contributed by atoms with E-state index < -0.39 is 0 Å². The summed E-state index contributed by atoms with van der Waals surface area (Å²) in [5.74, 6) is 1.33. The third-order valence-electron chi connectivity index (χ3n) is 3.63. The van der Waals surface area contributed by atoms with Crippen molar-refractivity contribution in [3.05, 3.63) is 34.4 Å². The van der Waals surface area contributed by atoms with E-state index >= 15 is 0 Å². The molecular weight excluding hydrogens is 206 g/mol. The fraction of sp³-hybridized carbons (Fsp3) is 0.625. The first-order valence-corrected chi connectivity index (χ1v) is 6.75. The summed E-state index contributed by atoms with van der Waals surface area (Å²) in [4.78, 5) is 0. The van der Waals surface area contributed by atoms with Gasteiger partial charge in [-0.25, -0.2) is 0 Å². The van der Waals surface area contributed by atoms with Crippen molar-refractivity contribution in [2.24, 2.45) is 11.7 Å². The zero-order chi connectivity index (χ0) is 13.0. The van der Waals surface area contributed by atoms with Crippen molar-refractivity contribution >= 4 is 0 Å². The van der Waals surface area contributed by atoms with Crippen LogP contribution in [0.25, 0.3) is 0 Å². The van der Waals surface area contributed by atoms with Crippen molar-refractivity contribution in [3.8, 4) is 0 Å². The maximum atomic E-state index is 5.66. The molecule has 0 aliphatic heterocycles. The number of rotatable bonds is 5. The Kier molecular flexibility index (Phi) is 5.20. The molecule has 0 aliphatic carbocycles. The molecule has 0 bridgehead atoms. The lowest BCUT2D eigenvalue weighted by Gasteiger charge is -2.25. The van der Waals surface area contributed by atoms with E-state index in [2.05, 4.69) is 46.8 Å². The van der Waals surface area contributed by atoms with Gasteiger partial charge in [-0.3, -0.25) is 0 Å². The normalized spacial score (nSPS) is 13.1. The van der Waals surface area contributed by atoms with E-state index in [9.17, 15) is 0 Å². The van der Waals surface area contributed by atoms with Gasteiger partial charge in [0, 0.05) is 0 Å². The Balaban J connectivity index is 3.09. The number of benzene rings is 1. The smallest absolute Gasteiger partial charge is 0.00771 e. The quantitative estimate of drug-likeness (QED) is 0.814. The molecule has 0 amide bonds. The highest BCUT2D eigenvalue weighted by Gasteiger charge is 2.19. The Morgan fingerprint density at radius 2 is 1.59 bits per heavy atom. The maximum absolute atomic E-state index is 5.66. The summed E-state index contributed by atoms with van der Waals surface area (Å²) >= 11 is 0. The fourth-order valence-corrected chi connectivity index (χ4v) is 2.92. The molecule has 1 atom stereocenters. The van der Waals surface area contributed by atoms with E-state index in [1.165, 1.54) is 23.1 Å². The standard InChI is InChI=1S/C16H27N/c1-11(2)15(7-6-8-17)16-13(4)9-12(3)10-14(16)5/h9-11,15H,6-8,17H2,1-5H3. The molecule has 1 rings (SSSR count). The maximum Gasteiger partial charge on any atom is -0.00771 e. The Morgan fingerprint density at radius 3 is 2.00 bits per heavy atom. The Bertz CT molecular complexity index is 343. The van der Waals surface area contributed by atoms with Gasteiger partial charge in [0.25, 0.3) is 0 Å². The molecule has 1 unspecified atom stereocenters. The van der Waals surface area contributed by atoms with Crippen LogP contribution >= 0.6 is 0 Å². The molecule has 17 heavy (non-hydrogen) atoms. The average molecular weight is 233 g/mol. The SMILES string of the molecule is Cc1cc(C)c(C(CCCN)C(C)C)c(C)c1. The molecule has 0 radical (unpaired) electrons. The minimum atomic E-state index is 0.652. The average Bonchev–Trinajstić information content (AvgIpc) is 2.20. The van der Waals surface area contributed by atoms with Crippen molar-refractivity contribution in [1.82, 2.24) is 0 Å². The summed E-state index contributed by atoms with van der Waals surface area (Å²) in [5, 5.41) is 0. The highest BCUT2D eigenvalue weighted by molar-refractivity contribution is 5.40. The first-order chi connectivity index (χ1) is 7.97. The van der Waals surface area contributed by atoms with E-state index in [1.807, 2.05) is 0 Å². The van der Waals surface area contributed by atoms with E-state index in [1.54, 1.807) is 5.56 Å². The van der Waals surface area contributed by atoms with Gasteiger partial charge in [0.05, 0.1) is 0 Å². The van der Waals surface area contributed by atoms with Crippen LogP contribution in [0.3, 0.4) is 0 Å². The van der Waals surface area contributed by atoms with Crippen molar-refractivity contribution in [2.75, 3.05) is 6.54 Å². The molecule has 0 spiro atoms. The van der Waals surface area contributed by atoms with E-state index in [0.29, 0.717) is 11.8 Å². The second-order valence-electron chi connectivity index (χ2n) is 5.59. The number of nitrogens with two attached hydrogens (primary N) is 1. The minimum Gasteiger partial charge on any atom is -0.330 e. The van der Waals surface area contributed by atoms with Crippen molar-refractivity contribution in [3.63, 3.8) is 0 Å². The van der Waals surface area contributed by atoms with Crippen LogP contribution < -0.4 is 5.73 Å². The van der Waals surface area contributed by atoms with Crippen LogP contribution in [-0.2, 0) is 0 Å². The fourth-order valence-electron chi connectivity index (χ4n) is 2.92. The van der Waals surface area contributed by atoms with Gasteiger partial charge in [-0.05, 0) is 68.7 Å². The Morgan fingerprint density at radius 1 is 1.06 bits per heavy atom. The lowest BCUT2D eigenvalue weighted by atomic mass is 9.80. The van der Waals surface area contributed by atoms with Crippen LogP contribution in [0.5, 0.6) is 0 Å². The van der Waals surface area contributed by atoms with Gasteiger partial charge in [0.15, 0.2) is 0 Å². The molecule has 0 fully saturated rings. The van der Waals surface area contributed by atoms with Crippen LogP contribution in [0.4, 0.5) is 0 Å². The van der Waals surface area contributed by atoms with E-state index in [4.69, 9.17) is 5.73 Å². The molecule has 1 aromatic rings. The molecule has 1 aromatic carbocycles. The molecule has 2 N–H and O–H groups in total. The summed E-state index contributed by atoms with van der Waals surface area (Å²) in [7, 11) is 0. The molecule has 0 saturated carbocycles. The molecule has 96 valence electrons. The van der Waals surface area contributed by atoms with Crippen LogP contribution in [0.2, 0.25) is 0 Å². The monoisotopic (exact) mass is 233 g/mol. The van der Waals surface area contributed by atoms with Crippen LogP contribution in [0, 0.1) is 26.7 Å². The third kappa shape index (κ3) is 3.57. The predicted octanol–water partition coefficient (Wildman–Crippen LogP) is 4.09. The van der Waals surface area contributed by atoms with Gasteiger partial charge in [-0.15, -0.1) is 0 Å². The van der Waals surface area contributed by atoms with Crippen molar-refractivity contribution < 1.29 is 0 Å². The van der Waals surface area contributed by atoms with Gasteiger partial charge in [-0.1, -0.05) is 31.5 Å². The summed E-state index contributed by atoms with van der Waals surface area (Å²) in [6.07, 6.45) is 2.33. The van der Waals surface area contributed by atoms with Gasteiger partial charge in [0.2, 0.25) is 0 Å². The number of aryl methyl sites for hydroxylation is 3. The second kappa shape index (κ2) is 6.20. The summed E-state index contributed by atoms with van der Waals surface area (Å²) in [6, 6.07) is 4.61. The Hall–Kier alpha value is -0.820. The van der Waals surface area contributed by atoms with Crippen LogP contribution in [0.15, 0.2) is 12.1 Å². The number of hydrogen-bond acceptors (Lipinski definition) is 1. The minimum absolute atomic E-state index is 0.652. The lowest BCUT2D eigenvalue weighted by molar-refractivity contribution is 0.454. The molecular formula is C16H27N. The summed E-state index contributed by atoms with van der Waals surface area (Å²) < 4.78 is 0. The molecule has 0 saturated heterocycles. The number of hydrogen-bond donors (Lipinski definition) is 1. The van der Waals surface area contributed by atoms with Crippen LogP contribution in [0.1, 0.15) is 54.9 Å². The predicted molar refractivity (Wildman–Crippen MR) is 76.5 cm³/mol. The summed E-state index contributed by atoms with van der Waals surface area (Å²) in [5.41, 5.74) is 11.5. The van der Waals surface area contributed by atoms with Gasteiger partial charge in [-0.2, -0.15) is 0 Å². The van der Waals surface area contributed by atoms with Crippen molar-refractivity contribution in [2.45, 2.75) is 53.4 Å². The first kappa shape index (κ1) is 14.2. The Labute approximate surface area is 106 Å².